The Labute approximate surface area is 160 Å². The summed E-state index contributed by atoms with van der Waals surface area (Å²) >= 11 is 0. The maximum Gasteiger partial charge on any atom is 0.167 e. The number of rotatable bonds is 5. The van der Waals surface area contributed by atoms with Gasteiger partial charge in [-0.1, -0.05) is 30.3 Å². The van der Waals surface area contributed by atoms with Gasteiger partial charge in [-0.3, -0.25) is 4.57 Å². The average molecular weight is 383 g/mol. The predicted octanol–water partition coefficient (Wildman–Crippen LogP) is 0.406. The van der Waals surface area contributed by atoms with Gasteiger partial charge in [-0.05, 0) is 12.0 Å². The second-order valence-corrected chi connectivity index (χ2v) is 7.28. The van der Waals surface area contributed by atoms with Gasteiger partial charge < -0.3 is 25.4 Å². The SMILES string of the molecule is OC[C@H]1O[C@@H](n2cnc3c(N[C@H]4C[C@H]4c4ccccc4)ncnc32)[C@H](O)[C@@H]1O. The smallest absolute Gasteiger partial charge is 0.167 e. The summed E-state index contributed by atoms with van der Waals surface area (Å²) in [6, 6.07) is 10.6. The highest BCUT2D eigenvalue weighted by Gasteiger charge is 2.44. The molecule has 2 fully saturated rings. The van der Waals surface area contributed by atoms with Gasteiger partial charge in [-0.2, -0.15) is 0 Å². The van der Waals surface area contributed by atoms with E-state index in [4.69, 9.17) is 4.74 Å². The first kappa shape index (κ1) is 17.5. The second-order valence-electron chi connectivity index (χ2n) is 7.28. The molecular formula is C19H21N5O4. The van der Waals surface area contributed by atoms with E-state index < -0.39 is 24.5 Å². The van der Waals surface area contributed by atoms with Crippen LogP contribution in [0.5, 0.6) is 0 Å². The van der Waals surface area contributed by atoms with E-state index in [0.29, 0.717) is 22.9 Å². The molecule has 146 valence electrons. The number of anilines is 1. The summed E-state index contributed by atoms with van der Waals surface area (Å²) in [5.41, 5.74) is 2.35. The van der Waals surface area contributed by atoms with E-state index in [-0.39, 0.29) is 12.6 Å². The van der Waals surface area contributed by atoms with Crippen LogP contribution < -0.4 is 5.32 Å². The molecule has 3 aromatic rings. The van der Waals surface area contributed by atoms with Gasteiger partial charge in [0.2, 0.25) is 0 Å². The first-order valence-corrected chi connectivity index (χ1v) is 9.29. The molecule has 0 bridgehead atoms. The van der Waals surface area contributed by atoms with Gasteiger partial charge in [0.25, 0.3) is 0 Å². The molecule has 2 aliphatic rings. The van der Waals surface area contributed by atoms with Crippen LogP contribution in [0.1, 0.15) is 24.1 Å². The van der Waals surface area contributed by atoms with E-state index in [2.05, 4.69) is 32.4 Å². The van der Waals surface area contributed by atoms with E-state index >= 15 is 0 Å². The topological polar surface area (TPSA) is 126 Å². The number of aliphatic hydroxyl groups excluding tert-OH is 3. The molecule has 9 heteroatoms. The van der Waals surface area contributed by atoms with Crippen molar-refractivity contribution in [3.05, 3.63) is 48.5 Å². The van der Waals surface area contributed by atoms with Crippen molar-refractivity contribution in [1.29, 1.82) is 0 Å². The maximum absolute atomic E-state index is 10.3. The Morgan fingerprint density at radius 2 is 1.93 bits per heavy atom. The summed E-state index contributed by atoms with van der Waals surface area (Å²) in [6.07, 6.45) is -0.133. The van der Waals surface area contributed by atoms with Crippen LogP contribution in [0, 0.1) is 0 Å². The Balaban J connectivity index is 1.39. The van der Waals surface area contributed by atoms with Crippen LogP contribution in [-0.4, -0.2) is 65.8 Å². The number of fused-ring (bicyclic) bond motifs is 1. The number of hydrogen-bond acceptors (Lipinski definition) is 8. The summed E-state index contributed by atoms with van der Waals surface area (Å²) in [5, 5.41) is 33.0. The first-order chi connectivity index (χ1) is 13.7. The van der Waals surface area contributed by atoms with E-state index in [1.54, 1.807) is 4.57 Å². The summed E-state index contributed by atoms with van der Waals surface area (Å²) in [7, 11) is 0. The second kappa shape index (κ2) is 6.78. The Bertz CT molecular complexity index is 981. The molecule has 0 unspecified atom stereocenters. The van der Waals surface area contributed by atoms with E-state index in [1.165, 1.54) is 18.2 Å². The average Bonchev–Trinajstić information content (AvgIpc) is 3.26. The highest BCUT2D eigenvalue weighted by Crippen LogP contribution is 2.43. The molecule has 4 N–H and O–H groups in total. The number of nitrogens with zero attached hydrogens (tertiary/aromatic N) is 4. The Hall–Kier alpha value is -2.59. The summed E-state index contributed by atoms with van der Waals surface area (Å²) in [5.74, 6) is 1.06. The van der Waals surface area contributed by atoms with Crippen molar-refractivity contribution in [3.63, 3.8) is 0 Å². The van der Waals surface area contributed by atoms with Crippen LogP contribution in [0.25, 0.3) is 11.2 Å². The highest BCUT2D eigenvalue weighted by atomic mass is 16.6. The number of ether oxygens (including phenoxy) is 1. The fraction of sp³-hybridized carbons (Fsp3) is 0.421. The molecule has 0 amide bonds. The fourth-order valence-corrected chi connectivity index (χ4v) is 3.85. The molecule has 1 saturated heterocycles. The third-order valence-corrected chi connectivity index (χ3v) is 5.49. The van der Waals surface area contributed by atoms with Crippen molar-refractivity contribution in [2.75, 3.05) is 11.9 Å². The Kier molecular flexibility index (Phi) is 4.24. The molecule has 3 heterocycles. The first-order valence-electron chi connectivity index (χ1n) is 9.29. The summed E-state index contributed by atoms with van der Waals surface area (Å²) in [6.45, 7) is -0.383. The third kappa shape index (κ3) is 2.83. The van der Waals surface area contributed by atoms with Gasteiger partial charge in [0, 0.05) is 12.0 Å². The lowest BCUT2D eigenvalue weighted by Crippen LogP contribution is -2.33. The van der Waals surface area contributed by atoms with Gasteiger partial charge in [0.1, 0.15) is 24.6 Å². The lowest BCUT2D eigenvalue weighted by Gasteiger charge is -2.16. The lowest BCUT2D eigenvalue weighted by molar-refractivity contribution is -0.0511. The van der Waals surface area contributed by atoms with Crippen molar-refractivity contribution in [3.8, 4) is 0 Å². The molecule has 28 heavy (non-hydrogen) atoms. The van der Waals surface area contributed by atoms with Crippen LogP contribution in [0.2, 0.25) is 0 Å². The van der Waals surface area contributed by atoms with Crippen molar-refractivity contribution in [2.24, 2.45) is 0 Å². The van der Waals surface area contributed by atoms with Gasteiger partial charge >= 0.3 is 0 Å². The van der Waals surface area contributed by atoms with Crippen molar-refractivity contribution < 1.29 is 20.1 Å². The minimum Gasteiger partial charge on any atom is -0.394 e. The molecule has 2 aromatic heterocycles. The third-order valence-electron chi connectivity index (χ3n) is 5.49. The molecule has 1 saturated carbocycles. The molecule has 9 nitrogen and oxygen atoms in total. The zero-order chi connectivity index (χ0) is 19.3. The molecular weight excluding hydrogens is 362 g/mol. The van der Waals surface area contributed by atoms with E-state index in [0.717, 1.165) is 6.42 Å². The molecule has 1 aliphatic carbocycles. The molecule has 5 rings (SSSR count). The van der Waals surface area contributed by atoms with Gasteiger partial charge in [-0.25, -0.2) is 15.0 Å². The number of aromatic nitrogens is 4. The van der Waals surface area contributed by atoms with E-state index in [9.17, 15) is 15.3 Å². The van der Waals surface area contributed by atoms with Gasteiger partial charge in [0.05, 0.1) is 12.9 Å². The van der Waals surface area contributed by atoms with Crippen LogP contribution in [-0.2, 0) is 4.74 Å². The predicted molar refractivity (Wildman–Crippen MR) is 99.5 cm³/mol. The summed E-state index contributed by atoms with van der Waals surface area (Å²) in [4.78, 5) is 13.0. The maximum atomic E-state index is 10.3. The quantitative estimate of drug-likeness (QED) is 0.499. The number of hydrogen-bond donors (Lipinski definition) is 4. The number of aliphatic hydroxyl groups is 3. The molecule has 0 spiro atoms. The van der Waals surface area contributed by atoms with Gasteiger partial charge in [0.15, 0.2) is 23.2 Å². The minimum absolute atomic E-state index is 0.277. The minimum atomic E-state index is -1.19. The van der Waals surface area contributed by atoms with Crippen molar-refractivity contribution in [2.45, 2.75) is 42.9 Å². The van der Waals surface area contributed by atoms with Crippen molar-refractivity contribution >= 4 is 17.0 Å². The zero-order valence-electron chi connectivity index (χ0n) is 15.0. The molecule has 0 radical (unpaired) electrons. The normalized spacial score (nSPS) is 32.0. The summed E-state index contributed by atoms with van der Waals surface area (Å²) < 4.78 is 7.15. The standard InChI is InChI=1S/C19H21N5O4/c25-7-13-15(26)16(27)19(28-13)24-9-22-14-17(20-8-21-18(14)24)23-12-6-11(12)10-4-2-1-3-5-10/h1-5,8-9,11-13,15-16,19,25-27H,6-7H2,(H,20,21,23)/t11-,12-,13+,15+,16+,19+/m0/s1. The Morgan fingerprint density at radius 1 is 1.11 bits per heavy atom. The number of benzene rings is 1. The number of nitrogens with one attached hydrogen (secondary N) is 1. The van der Waals surface area contributed by atoms with Crippen LogP contribution in [0.3, 0.4) is 0 Å². The van der Waals surface area contributed by atoms with Crippen LogP contribution in [0.4, 0.5) is 5.82 Å². The van der Waals surface area contributed by atoms with Crippen molar-refractivity contribution in [1.82, 2.24) is 19.5 Å². The molecule has 6 atom stereocenters. The highest BCUT2D eigenvalue weighted by molar-refractivity contribution is 5.83. The number of imidazole rings is 1. The van der Waals surface area contributed by atoms with Gasteiger partial charge in [-0.15, -0.1) is 0 Å². The van der Waals surface area contributed by atoms with Crippen LogP contribution in [0.15, 0.2) is 43.0 Å². The largest absolute Gasteiger partial charge is 0.394 e. The zero-order valence-corrected chi connectivity index (χ0v) is 15.0. The van der Waals surface area contributed by atoms with Crippen LogP contribution >= 0.6 is 0 Å². The monoisotopic (exact) mass is 383 g/mol. The fourth-order valence-electron chi connectivity index (χ4n) is 3.85. The lowest BCUT2D eigenvalue weighted by atomic mass is 10.1. The van der Waals surface area contributed by atoms with E-state index in [1.807, 2.05) is 18.2 Å². The Morgan fingerprint density at radius 3 is 2.68 bits per heavy atom. The molecule has 1 aromatic carbocycles. The molecule has 1 aliphatic heterocycles.